The Hall–Kier alpha value is -1.68. The second-order valence-corrected chi connectivity index (χ2v) is 7.43. The lowest BCUT2D eigenvalue weighted by Gasteiger charge is -2.37. The molecule has 1 aliphatic heterocycles. The van der Waals surface area contributed by atoms with Gasteiger partial charge in [0.2, 0.25) is 0 Å². The summed E-state index contributed by atoms with van der Waals surface area (Å²) in [7, 11) is 0. The first-order valence-electron chi connectivity index (χ1n) is 9.53. The van der Waals surface area contributed by atoms with E-state index in [0.717, 1.165) is 57.2 Å². The first-order chi connectivity index (χ1) is 12.1. The fourth-order valence-corrected chi connectivity index (χ4v) is 4.05. The van der Waals surface area contributed by atoms with E-state index in [1.54, 1.807) is 19.1 Å². The Bertz CT molecular complexity index is 610. The van der Waals surface area contributed by atoms with Crippen LogP contribution in [0.15, 0.2) is 35.9 Å². The predicted molar refractivity (Wildman–Crippen MR) is 100 cm³/mol. The summed E-state index contributed by atoms with van der Waals surface area (Å²) in [6.45, 7) is 6.60. The Morgan fingerprint density at radius 2 is 1.84 bits per heavy atom. The standard InChI is InChI=1S/C21H29FN2O/c1-17(25)16-19-8-6-18(7-9-19)10-11-23-12-14-24(15-13-23)21-5-3-2-4-20(21)22/h2-5,16,18H,6-15H2,1H3. The summed E-state index contributed by atoms with van der Waals surface area (Å²) in [5.74, 6) is 0.849. The maximum Gasteiger partial charge on any atom is 0.152 e. The third-order valence-corrected chi connectivity index (χ3v) is 5.57. The average Bonchev–Trinajstić information content (AvgIpc) is 2.62. The van der Waals surface area contributed by atoms with E-state index in [1.165, 1.54) is 24.8 Å². The molecule has 3 nitrogen and oxygen atoms in total. The molecule has 2 aliphatic rings. The van der Waals surface area contributed by atoms with Gasteiger partial charge in [-0.3, -0.25) is 9.69 Å². The second kappa shape index (κ2) is 8.61. The maximum atomic E-state index is 13.9. The largest absolute Gasteiger partial charge is 0.367 e. The Kier molecular flexibility index (Phi) is 6.24. The number of benzene rings is 1. The predicted octanol–water partition coefficient (Wildman–Crippen LogP) is 4.04. The highest BCUT2D eigenvalue weighted by atomic mass is 19.1. The molecule has 0 atom stereocenters. The number of nitrogens with zero attached hydrogens (tertiary/aromatic N) is 2. The Labute approximate surface area is 150 Å². The fraction of sp³-hybridized carbons (Fsp3) is 0.571. The molecule has 25 heavy (non-hydrogen) atoms. The molecule has 1 aliphatic carbocycles. The number of hydrogen-bond donors (Lipinski definition) is 0. The molecule has 0 unspecified atom stereocenters. The molecule has 0 spiro atoms. The molecule has 0 bridgehead atoms. The van der Waals surface area contributed by atoms with E-state index < -0.39 is 0 Å². The van der Waals surface area contributed by atoms with Crippen molar-refractivity contribution in [3.05, 3.63) is 41.7 Å². The molecule has 3 rings (SSSR count). The highest BCUT2D eigenvalue weighted by Crippen LogP contribution is 2.30. The molecule has 0 N–H and O–H groups in total. The van der Waals surface area contributed by atoms with Gasteiger partial charge in [-0.2, -0.15) is 0 Å². The van der Waals surface area contributed by atoms with E-state index in [0.29, 0.717) is 0 Å². The number of carbonyl (C=O) groups is 1. The molecular weight excluding hydrogens is 315 g/mol. The van der Waals surface area contributed by atoms with Crippen molar-refractivity contribution in [2.45, 2.75) is 39.0 Å². The summed E-state index contributed by atoms with van der Waals surface area (Å²) in [4.78, 5) is 15.8. The summed E-state index contributed by atoms with van der Waals surface area (Å²) < 4.78 is 13.9. The minimum Gasteiger partial charge on any atom is -0.367 e. The number of piperazine rings is 1. The fourth-order valence-electron chi connectivity index (χ4n) is 4.05. The van der Waals surface area contributed by atoms with Crippen LogP contribution in [0, 0.1) is 11.7 Å². The smallest absolute Gasteiger partial charge is 0.152 e. The van der Waals surface area contributed by atoms with E-state index in [9.17, 15) is 9.18 Å². The van der Waals surface area contributed by atoms with Crippen LogP contribution >= 0.6 is 0 Å². The van der Waals surface area contributed by atoms with Crippen molar-refractivity contribution < 1.29 is 9.18 Å². The molecule has 1 saturated heterocycles. The van der Waals surface area contributed by atoms with Crippen LogP contribution < -0.4 is 4.90 Å². The quantitative estimate of drug-likeness (QED) is 0.753. The first-order valence-corrected chi connectivity index (χ1v) is 9.53. The van der Waals surface area contributed by atoms with E-state index in [-0.39, 0.29) is 11.6 Å². The number of anilines is 1. The lowest BCUT2D eigenvalue weighted by Crippen LogP contribution is -2.47. The highest BCUT2D eigenvalue weighted by molar-refractivity contribution is 5.87. The van der Waals surface area contributed by atoms with E-state index in [4.69, 9.17) is 0 Å². The molecule has 136 valence electrons. The lowest BCUT2D eigenvalue weighted by molar-refractivity contribution is -0.112. The van der Waals surface area contributed by atoms with Crippen molar-refractivity contribution in [1.82, 2.24) is 4.90 Å². The van der Waals surface area contributed by atoms with Crippen LogP contribution in [-0.4, -0.2) is 43.4 Å². The van der Waals surface area contributed by atoms with Crippen LogP contribution in [0.5, 0.6) is 0 Å². The van der Waals surface area contributed by atoms with Crippen molar-refractivity contribution in [3.8, 4) is 0 Å². The molecule has 0 aromatic heterocycles. The molecule has 1 heterocycles. The van der Waals surface area contributed by atoms with Gasteiger partial charge < -0.3 is 4.90 Å². The van der Waals surface area contributed by atoms with Gasteiger partial charge in [0.25, 0.3) is 0 Å². The van der Waals surface area contributed by atoms with Crippen LogP contribution in [0.25, 0.3) is 0 Å². The molecule has 0 radical (unpaired) electrons. The van der Waals surface area contributed by atoms with Crippen LogP contribution in [0.2, 0.25) is 0 Å². The number of rotatable bonds is 5. The zero-order valence-electron chi connectivity index (χ0n) is 15.2. The SMILES string of the molecule is CC(=O)C=C1CCC(CCN2CCN(c3ccccc3F)CC2)CC1. The van der Waals surface area contributed by atoms with E-state index >= 15 is 0 Å². The summed E-state index contributed by atoms with van der Waals surface area (Å²) >= 11 is 0. The van der Waals surface area contributed by atoms with Crippen molar-refractivity contribution in [3.63, 3.8) is 0 Å². The van der Waals surface area contributed by atoms with Gasteiger partial charge in [0, 0.05) is 26.2 Å². The number of para-hydroxylation sites is 1. The van der Waals surface area contributed by atoms with Gasteiger partial charge in [0.05, 0.1) is 5.69 Å². The number of halogens is 1. The summed E-state index contributed by atoms with van der Waals surface area (Å²) in [5.41, 5.74) is 2.07. The monoisotopic (exact) mass is 344 g/mol. The van der Waals surface area contributed by atoms with Gasteiger partial charge in [0.1, 0.15) is 5.82 Å². The van der Waals surface area contributed by atoms with Gasteiger partial charge >= 0.3 is 0 Å². The Morgan fingerprint density at radius 1 is 1.16 bits per heavy atom. The van der Waals surface area contributed by atoms with Crippen LogP contribution in [-0.2, 0) is 4.79 Å². The summed E-state index contributed by atoms with van der Waals surface area (Å²) in [6.07, 6.45) is 7.68. The van der Waals surface area contributed by atoms with Gasteiger partial charge in [-0.15, -0.1) is 0 Å². The molecule has 0 amide bonds. The molecule has 1 aromatic rings. The number of ketones is 1. The van der Waals surface area contributed by atoms with E-state index in [1.807, 2.05) is 18.2 Å². The van der Waals surface area contributed by atoms with Crippen molar-refractivity contribution in [2.24, 2.45) is 5.92 Å². The maximum absolute atomic E-state index is 13.9. The Balaban J connectivity index is 1.39. The van der Waals surface area contributed by atoms with E-state index in [2.05, 4.69) is 9.80 Å². The molecule has 4 heteroatoms. The molecule has 2 fully saturated rings. The third kappa shape index (κ3) is 5.15. The minimum absolute atomic E-state index is 0.118. The number of carbonyl (C=O) groups excluding carboxylic acids is 1. The van der Waals surface area contributed by atoms with Gasteiger partial charge in [-0.1, -0.05) is 17.7 Å². The number of allylic oxidation sites excluding steroid dienone is 2. The highest BCUT2D eigenvalue weighted by Gasteiger charge is 2.21. The summed E-state index contributed by atoms with van der Waals surface area (Å²) in [5, 5.41) is 0. The molecular formula is C21H29FN2O. The molecule has 1 saturated carbocycles. The Morgan fingerprint density at radius 3 is 2.48 bits per heavy atom. The topological polar surface area (TPSA) is 23.6 Å². The molecule has 1 aromatic carbocycles. The zero-order valence-corrected chi connectivity index (χ0v) is 15.2. The van der Waals surface area contributed by atoms with Crippen LogP contribution in [0.4, 0.5) is 10.1 Å². The average molecular weight is 344 g/mol. The van der Waals surface area contributed by atoms with Gasteiger partial charge in [-0.25, -0.2) is 4.39 Å². The zero-order chi connectivity index (χ0) is 17.6. The van der Waals surface area contributed by atoms with Gasteiger partial charge in [0.15, 0.2) is 5.78 Å². The lowest BCUT2D eigenvalue weighted by atomic mass is 9.83. The van der Waals surface area contributed by atoms with Crippen molar-refractivity contribution >= 4 is 11.5 Å². The third-order valence-electron chi connectivity index (χ3n) is 5.57. The second-order valence-electron chi connectivity index (χ2n) is 7.43. The van der Waals surface area contributed by atoms with Gasteiger partial charge in [-0.05, 0) is 69.7 Å². The minimum atomic E-state index is -0.118. The van der Waals surface area contributed by atoms with Crippen molar-refractivity contribution in [2.75, 3.05) is 37.6 Å². The normalized spacial score (nSPS) is 22.1. The summed E-state index contributed by atoms with van der Waals surface area (Å²) in [6, 6.07) is 7.07. The van der Waals surface area contributed by atoms with Crippen LogP contribution in [0.1, 0.15) is 39.0 Å². The van der Waals surface area contributed by atoms with Crippen LogP contribution in [0.3, 0.4) is 0 Å². The number of hydrogen-bond acceptors (Lipinski definition) is 3. The van der Waals surface area contributed by atoms with Crippen molar-refractivity contribution in [1.29, 1.82) is 0 Å². The first kappa shape index (κ1) is 18.1.